The molecule has 8 nitrogen and oxygen atoms in total. The highest BCUT2D eigenvalue weighted by molar-refractivity contribution is 5.76. The van der Waals surface area contributed by atoms with Crippen molar-refractivity contribution < 1.29 is 18.8 Å². The van der Waals surface area contributed by atoms with Crippen molar-refractivity contribution in [3.05, 3.63) is 35.5 Å². The molecule has 0 unspecified atom stereocenters. The molecule has 1 atom stereocenters. The number of ether oxygens (including phenoxy) is 2. The van der Waals surface area contributed by atoms with Gasteiger partial charge in [-0.15, -0.1) is 0 Å². The molecule has 3 aliphatic rings. The molecule has 32 heavy (non-hydrogen) atoms. The van der Waals surface area contributed by atoms with Crippen LogP contribution >= 0.6 is 0 Å². The smallest absolute Gasteiger partial charge is 0.226 e. The van der Waals surface area contributed by atoms with Crippen LogP contribution in [0, 0.1) is 0 Å². The van der Waals surface area contributed by atoms with E-state index >= 15 is 0 Å². The molecule has 1 amide bonds. The van der Waals surface area contributed by atoms with Gasteiger partial charge < -0.3 is 24.2 Å². The van der Waals surface area contributed by atoms with E-state index in [1.54, 1.807) is 0 Å². The van der Waals surface area contributed by atoms with Crippen LogP contribution in [-0.4, -0.2) is 59.8 Å². The Morgan fingerprint density at radius 3 is 2.78 bits per heavy atom. The van der Waals surface area contributed by atoms with Crippen molar-refractivity contribution in [2.45, 2.75) is 63.3 Å². The average Bonchev–Trinajstić information content (AvgIpc) is 3.31. The highest BCUT2D eigenvalue weighted by Gasteiger charge is 2.28. The molecule has 1 aromatic carbocycles. The van der Waals surface area contributed by atoms with Gasteiger partial charge in [0.1, 0.15) is 13.2 Å². The Morgan fingerprint density at radius 1 is 1.16 bits per heavy atom. The minimum absolute atomic E-state index is 0.0630. The van der Waals surface area contributed by atoms with E-state index in [0.717, 1.165) is 61.8 Å². The van der Waals surface area contributed by atoms with Gasteiger partial charge in [0, 0.05) is 31.3 Å². The molecule has 0 bridgehead atoms. The monoisotopic (exact) mass is 440 g/mol. The van der Waals surface area contributed by atoms with E-state index in [9.17, 15) is 4.79 Å². The Hall–Kier alpha value is -2.61. The number of nitrogens with zero attached hydrogens (tertiary/aromatic N) is 3. The van der Waals surface area contributed by atoms with Crippen molar-refractivity contribution in [1.29, 1.82) is 0 Å². The number of fused-ring (bicyclic) bond motifs is 1. The predicted molar refractivity (Wildman–Crippen MR) is 118 cm³/mol. The number of hydrogen-bond donors (Lipinski definition) is 1. The number of amides is 1. The fraction of sp³-hybridized carbons (Fsp3) is 0.625. The Morgan fingerprint density at radius 2 is 1.97 bits per heavy atom. The summed E-state index contributed by atoms with van der Waals surface area (Å²) in [6, 6.07) is 6.15. The quantitative estimate of drug-likeness (QED) is 0.608. The van der Waals surface area contributed by atoms with Gasteiger partial charge >= 0.3 is 0 Å². The molecule has 1 N–H and O–H groups in total. The van der Waals surface area contributed by atoms with Gasteiger partial charge in [-0.1, -0.05) is 11.2 Å². The predicted octanol–water partition coefficient (Wildman–Crippen LogP) is 2.86. The van der Waals surface area contributed by atoms with E-state index < -0.39 is 0 Å². The average molecular weight is 441 g/mol. The number of hydrogen-bond acceptors (Lipinski definition) is 7. The molecule has 1 saturated heterocycles. The third-order valence-electron chi connectivity index (χ3n) is 6.35. The summed E-state index contributed by atoms with van der Waals surface area (Å²) in [6.45, 7) is 4.24. The third kappa shape index (κ3) is 5.59. The molecule has 1 aromatic heterocycles. The summed E-state index contributed by atoms with van der Waals surface area (Å²) in [7, 11) is 0. The van der Waals surface area contributed by atoms with E-state index in [2.05, 4.69) is 26.4 Å². The van der Waals surface area contributed by atoms with Crippen LogP contribution in [0.15, 0.2) is 22.7 Å². The molecule has 3 heterocycles. The SMILES string of the molecule is O=C(CCCc1nc(C2CC2)no1)N[C@@H](Cc1ccc2c(c1)OCCO2)CN1CCCC1. The molecule has 5 rings (SSSR count). The Bertz CT molecular complexity index is 920. The lowest BCUT2D eigenvalue weighted by Crippen LogP contribution is -2.44. The van der Waals surface area contributed by atoms with E-state index in [-0.39, 0.29) is 11.9 Å². The topological polar surface area (TPSA) is 89.7 Å². The van der Waals surface area contributed by atoms with Crippen LogP contribution in [0.4, 0.5) is 0 Å². The Balaban J connectivity index is 1.15. The number of aromatic nitrogens is 2. The lowest BCUT2D eigenvalue weighted by Gasteiger charge is -2.25. The maximum absolute atomic E-state index is 12.7. The fourth-order valence-corrected chi connectivity index (χ4v) is 4.51. The first-order valence-corrected chi connectivity index (χ1v) is 12.0. The minimum Gasteiger partial charge on any atom is -0.486 e. The number of benzene rings is 1. The van der Waals surface area contributed by atoms with E-state index in [0.29, 0.717) is 44.3 Å². The molecule has 1 saturated carbocycles. The molecule has 172 valence electrons. The van der Waals surface area contributed by atoms with Crippen LogP contribution in [0.5, 0.6) is 11.5 Å². The molecule has 0 radical (unpaired) electrons. The summed E-state index contributed by atoms with van der Waals surface area (Å²) in [5.74, 6) is 3.63. The number of carbonyl (C=O) groups excluding carboxylic acids is 1. The Labute approximate surface area is 188 Å². The highest BCUT2D eigenvalue weighted by atomic mass is 16.6. The number of likely N-dealkylation sites (tertiary alicyclic amines) is 1. The number of rotatable bonds is 10. The molecular weight excluding hydrogens is 408 g/mol. The second kappa shape index (κ2) is 9.90. The number of carbonyl (C=O) groups is 1. The minimum atomic E-state index is 0.0630. The number of aryl methyl sites for hydroxylation is 1. The first kappa shape index (κ1) is 21.2. The molecule has 2 fully saturated rings. The molecule has 1 aliphatic carbocycles. The van der Waals surface area contributed by atoms with Crippen LogP contribution in [0.2, 0.25) is 0 Å². The van der Waals surface area contributed by atoms with Crippen molar-refractivity contribution >= 4 is 5.91 Å². The lowest BCUT2D eigenvalue weighted by molar-refractivity contribution is -0.122. The van der Waals surface area contributed by atoms with Gasteiger partial charge in [0.25, 0.3) is 0 Å². The maximum Gasteiger partial charge on any atom is 0.226 e. The first-order chi connectivity index (χ1) is 15.7. The maximum atomic E-state index is 12.7. The van der Waals surface area contributed by atoms with E-state index in [4.69, 9.17) is 14.0 Å². The van der Waals surface area contributed by atoms with E-state index in [1.807, 2.05) is 12.1 Å². The van der Waals surface area contributed by atoms with Crippen LogP contribution in [0.1, 0.15) is 61.7 Å². The van der Waals surface area contributed by atoms with Gasteiger partial charge in [0.15, 0.2) is 17.3 Å². The fourth-order valence-electron chi connectivity index (χ4n) is 4.51. The van der Waals surface area contributed by atoms with Gasteiger partial charge in [0.05, 0.1) is 0 Å². The normalized spacial score (nSPS) is 19.1. The van der Waals surface area contributed by atoms with Crippen molar-refractivity contribution in [2.24, 2.45) is 0 Å². The summed E-state index contributed by atoms with van der Waals surface area (Å²) in [4.78, 5) is 19.6. The van der Waals surface area contributed by atoms with Crippen molar-refractivity contribution in [3.8, 4) is 11.5 Å². The van der Waals surface area contributed by atoms with Crippen LogP contribution in [-0.2, 0) is 17.6 Å². The van der Waals surface area contributed by atoms with Crippen LogP contribution < -0.4 is 14.8 Å². The first-order valence-electron chi connectivity index (χ1n) is 12.0. The molecule has 2 aliphatic heterocycles. The summed E-state index contributed by atoms with van der Waals surface area (Å²) in [5.41, 5.74) is 1.15. The lowest BCUT2D eigenvalue weighted by atomic mass is 10.0. The summed E-state index contributed by atoms with van der Waals surface area (Å²) in [6.07, 6.45) is 7.36. The van der Waals surface area contributed by atoms with Gasteiger partial charge in [-0.2, -0.15) is 4.98 Å². The zero-order valence-corrected chi connectivity index (χ0v) is 18.6. The van der Waals surface area contributed by atoms with Crippen molar-refractivity contribution in [1.82, 2.24) is 20.4 Å². The molecule has 8 heteroatoms. The molecular formula is C24H32N4O4. The summed E-state index contributed by atoms with van der Waals surface area (Å²) < 4.78 is 16.7. The van der Waals surface area contributed by atoms with Gasteiger partial charge in [-0.25, -0.2) is 0 Å². The molecule has 0 spiro atoms. The third-order valence-corrected chi connectivity index (χ3v) is 6.35. The number of nitrogens with one attached hydrogen (secondary N) is 1. The van der Waals surface area contributed by atoms with Gasteiger partial charge in [-0.05, 0) is 69.3 Å². The van der Waals surface area contributed by atoms with Crippen LogP contribution in [0.25, 0.3) is 0 Å². The van der Waals surface area contributed by atoms with Crippen molar-refractivity contribution in [3.63, 3.8) is 0 Å². The Kier molecular flexibility index (Phi) is 6.57. The standard InChI is InChI=1S/C24H32N4O4/c29-22(4-3-5-23-26-24(27-32-23)18-7-8-18)25-19(16-28-10-1-2-11-28)14-17-6-9-20-21(15-17)31-13-12-30-20/h6,9,15,18-19H,1-5,7-8,10-14,16H2,(H,25,29)/t19-/m0/s1. The van der Waals surface area contributed by atoms with Gasteiger partial charge in [0.2, 0.25) is 11.8 Å². The zero-order chi connectivity index (χ0) is 21.8. The van der Waals surface area contributed by atoms with Gasteiger partial charge in [-0.3, -0.25) is 4.79 Å². The summed E-state index contributed by atoms with van der Waals surface area (Å²) >= 11 is 0. The van der Waals surface area contributed by atoms with E-state index in [1.165, 1.54) is 12.8 Å². The van der Waals surface area contributed by atoms with Crippen molar-refractivity contribution in [2.75, 3.05) is 32.8 Å². The molecule has 2 aromatic rings. The second-order valence-corrected chi connectivity index (χ2v) is 9.13. The van der Waals surface area contributed by atoms with Crippen LogP contribution in [0.3, 0.4) is 0 Å². The zero-order valence-electron chi connectivity index (χ0n) is 18.6. The highest BCUT2D eigenvalue weighted by Crippen LogP contribution is 2.38. The second-order valence-electron chi connectivity index (χ2n) is 9.13. The summed E-state index contributed by atoms with van der Waals surface area (Å²) in [5, 5.41) is 7.32. The largest absolute Gasteiger partial charge is 0.486 e.